The average Bonchev–Trinajstić information content (AvgIpc) is 2.74. The Labute approximate surface area is 72.0 Å². The Balaban J connectivity index is 2.19. The summed E-state index contributed by atoms with van der Waals surface area (Å²) in [4.78, 5) is 0. The number of hydrogen-bond donors (Lipinski definition) is 1. The lowest BCUT2D eigenvalue weighted by atomic mass is 10.2. The molecule has 66 valence electrons. The van der Waals surface area contributed by atoms with Crippen LogP contribution < -0.4 is 5.32 Å². The SMILES string of the molecule is CCc1nncn1C1CCNC1. The van der Waals surface area contributed by atoms with Crippen molar-refractivity contribution in [1.29, 1.82) is 0 Å². The fraction of sp³-hybridized carbons (Fsp3) is 0.750. The van der Waals surface area contributed by atoms with Gasteiger partial charge in [-0.2, -0.15) is 0 Å². The first-order valence-electron chi connectivity index (χ1n) is 4.51. The standard InChI is InChI=1S/C8H14N4/c1-2-8-11-10-6-12(8)7-3-4-9-5-7/h6-7,9H,2-5H2,1H3. The third-order valence-corrected chi connectivity index (χ3v) is 2.39. The summed E-state index contributed by atoms with van der Waals surface area (Å²) in [5.74, 6) is 1.10. The van der Waals surface area contributed by atoms with Crippen LogP contribution in [0.4, 0.5) is 0 Å². The van der Waals surface area contributed by atoms with Crippen LogP contribution >= 0.6 is 0 Å². The number of nitrogens with zero attached hydrogens (tertiary/aromatic N) is 3. The fourth-order valence-corrected chi connectivity index (χ4v) is 1.70. The summed E-state index contributed by atoms with van der Waals surface area (Å²) in [7, 11) is 0. The maximum Gasteiger partial charge on any atom is 0.132 e. The zero-order valence-corrected chi connectivity index (χ0v) is 7.32. The lowest BCUT2D eigenvalue weighted by molar-refractivity contribution is 0.524. The molecule has 0 aliphatic carbocycles. The minimum absolute atomic E-state index is 0.579. The van der Waals surface area contributed by atoms with Crippen LogP contribution in [0.15, 0.2) is 6.33 Å². The second-order valence-corrected chi connectivity index (χ2v) is 3.15. The van der Waals surface area contributed by atoms with Crippen LogP contribution in [0.2, 0.25) is 0 Å². The maximum absolute atomic E-state index is 4.06. The van der Waals surface area contributed by atoms with Crippen molar-refractivity contribution >= 4 is 0 Å². The molecule has 1 fully saturated rings. The third kappa shape index (κ3) is 1.22. The van der Waals surface area contributed by atoms with Crippen molar-refractivity contribution in [3.8, 4) is 0 Å². The number of rotatable bonds is 2. The fourth-order valence-electron chi connectivity index (χ4n) is 1.70. The van der Waals surface area contributed by atoms with E-state index < -0.39 is 0 Å². The van der Waals surface area contributed by atoms with E-state index in [-0.39, 0.29) is 0 Å². The molecule has 1 atom stereocenters. The lowest BCUT2D eigenvalue weighted by Gasteiger charge is -2.11. The molecular formula is C8H14N4. The summed E-state index contributed by atoms with van der Waals surface area (Å²) in [5.41, 5.74) is 0. The molecule has 0 aromatic carbocycles. The van der Waals surface area contributed by atoms with Crippen molar-refractivity contribution in [2.45, 2.75) is 25.8 Å². The van der Waals surface area contributed by atoms with Crippen LogP contribution in [0.5, 0.6) is 0 Å². The summed E-state index contributed by atoms with van der Waals surface area (Å²) < 4.78 is 2.19. The van der Waals surface area contributed by atoms with Crippen LogP contribution in [-0.2, 0) is 6.42 Å². The maximum atomic E-state index is 4.06. The minimum atomic E-state index is 0.579. The summed E-state index contributed by atoms with van der Waals surface area (Å²) in [6.45, 7) is 4.29. The molecule has 0 radical (unpaired) electrons. The molecule has 1 aromatic rings. The van der Waals surface area contributed by atoms with Gasteiger partial charge in [0.05, 0.1) is 0 Å². The second-order valence-electron chi connectivity index (χ2n) is 3.15. The number of aryl methyl sites for hydroxylation is 1. The topological polar surface area (TPSA) is 42.7 Å². The van der Waals surface area contributed by atoms with Gasteiger partial charge in [0.25, 0.3) is 0 Å². The Morgan fingerprint density at radius 1 is 1.75 bits per heavy atom. The first kappa shape index (κ1) is 7.73. The predicted octanol–water partition coefficient (Wildman–Crippen LogP) is 0.375. The number of aromatic nitrogens is 3. The van der Waals surface area contributed by atoms with Crippen molar-refractivity contribution in [2.24, 2.45) is 0 Å². The molecule has 2 rings (SSSR count). The van der Waals surface area contributed by atoms with E-state index in [1.165, 1.54) is 6.42 Å². The molecule has 1 aliphatic heterocycles. The van der Waals surface area contributed by atoms with E-state index in [1.54, 1.807) is 0 Å². The van der Waals surface area contributed by atoms with Crippen LogP contribution in [0.1, 0.15) is 25.2 Å². The van der Waals surface area contributed by atoms with Crippen molar-refractivity contribution in [1.82, 2.24) is 20.1 Å². The highest BCUT2D eigenvalue weighted by atomic mass is 15.3. The van der Waals surface area contributed by atoms with E-state index in [2.05, 4.69) is 27.0 Å². The average molecular weight is 166 g/mol. The van der Waals surface area contributed by atoms with Gasteiger partial charge >= 0.3 is 0 Å². The molecule has 1 saturated heterocycles. The summed E-state index contributed by atoms with van der Waals surface area (Å²) in [5, 5.41) is 11.3. The number of nitrogens with one attached hydrogen (secondary N) is 1. The molecule has 1 aliphatic rings. The second kappa shape index (κ2) is 3.23. The van der Waals surface area contributed by atoms with Gasteiger partial charge in [0, 0.05) is 19.0 Å². The third-order valence-electron chi connectivity index (χ3n) is 2.39. The van der Waals surface area contributed by atoms with Crippen molar-refractivity contribution < 1.29 is 0 Å². The van der Waals surface area contributed by atoms with Crippen LogP contribution in [0.3, 0.4) is 0 Å². The molecule has 1 unspecified atom stereocenters. The van der Waals surface area contributed by atoms with Crippen molar-refractivity contribution in [3.63, 3.8) is 0 Å². The number of hydrogen-bond acceptors (Lipinski definition) is 3. The van der Waals surface area contributed by atoms with E-state index in [1.807, 2.05) is 6.33 Å². The van der Waals surface area contributed by atoms with Crippen LogP contribution in [0, 0.1) is 0 Å². The largest absolute Gasteiger partial charge is 0.315 e. The van der Waals surface area contributed by atoms with E-state index >= 15 is 0 Å². The van der Waals surface area contributed by atoms with E-state index in [0.29, 0.717) is 6.04 Å². The molecule has 0 spiro atoms. The van der Waals surface area contributed by atoms with Gasteiger partial charge in [-0.15, -0.1) is 10.2 Å². The highest BCUT2D eigenvalue weighted by Gasteiger charge is 2.18. The van der Waals surface area contributed by atoms with Crippen molar-refractivity contribution in [2.75, 3.05) is 13.1 Å². The Morgan fingerprint density at radius 2 is 2.67 bits per heavy atom. The lowest BCUT2D eigenvalue weighted by Crippen LogP contribution is -2.14. The highest BCUT2D eigenvalue weighted by Crippen LogP contribution is 2.15. The molecule has 4 heteroatoms. The smallest absolute Gasteiger partial charge is 0.132 e. The van der Waals surface area contributed by atoms with Gasteiger partial charge in [0.1, 0.15) is 12.2 Å². The van der Waals surface area contributed by atoms with E-state index in [4.69, 9.17) is 0 Å². The zero-order chi connectivity index (χ0) is 8.39. The minimum Gasteiger partial charge on any atom is -0.315 e. The molecule has 2 heterocycles. The van der Waals surface area contributed by atoms with Gasteiger partial charge in [0.2, 0.25) is 0 Å². The Bertz CT molecular complexity index is 249. The van der Waals surface area contributed by atoms with Crippen LogP contribution in [-0.4, -0.2) is 27.9 Å². The molecule has 4 nitrogen and oxygen atoms in total. The Hall–Kier alpha value is -0.900. The predicted molar refractivity (Wildman–Crippen MR) is 45.9 cm³/mol. The van der Waals surface area contributed by atoms with Gasteiger partial charge in [0.15, 0.2) is 0 Å². The van der Waals surface area contributed by atoms with Crippen LogP contribution in [0.25, 0.3) is 0 Å². The molecule has 0 bridgehead atoms. The van der Waals surface area contributed by atoms with Gasteiger partial charge in [-0.3, -0.25) is 0 Å². The molecule has 1 N–H and O–H groups in total. The monoisotopic (exact) mass is 166 g/mol. The van der Waals surface area contributed by atoms with Gasteiger partial charge in [-0.1, -0.05) is 6.92 Å². The van der Waals surface area contributed by atoms with Gasteiger partial charge < -0.3 is 9.88 Å². The molecule has 1 aromatic heterocycles. The quantitative estimate of drug-likeness (QED) is 0.690. The molecule has 0 saturated carbocycles. The zero-order valence-electron chi connectivity index (χ0n) is 7.32. The summed E-state index contributed by atoms with van der Waals surface area (Å²) in [6, 6.07) is 0.579. The molecule has 0 amide bonds. The summed E-state index contributed by atoms with van der Waals surface area (Å²) in [6.07, 6.45) is 4.01. The highest BCUT2D eigenvalue weighted by molar-refractivity contribution is 4.91. The molecule has 12 heavy (non-hydrogen) atoms. The van der Waals surface area contributed by atoms with E-state index in [0.717, 1.165) is 25.3 Å². The van der Waals surface area contributed by atoms with E-state index in [9.17, 15) is 0 Å². The Morgan fingerprint density at radius 3 is 3.33 bits per heavy atom. The first-order valence-corrected chi connectivity index (χ1v) is 4.51. The van der Waals surface area contributed by atoms with Gasteiger partial charge in [-0.25, -0.2) is 0 Å². The van der Waals surface area contributed by atoms with Gasteiger partial charge in [-0.05, 0) is 13.0 Å². The van der Waals surface area contributed by atoms with Crippen molar-refractivity contribution in [3.05, 3.63) is 12.2 Å². The first-order chi connectivity index (χ1) is 5.92. The Kier molecular flexibility index (Phi) is 2.08. The molecular weight excluding hydrogens is 152 g/mol. The normalized spacial score (nSPS) is 23.2. The summed E-state index contributed by atoms with van der Waals surface area (Å²) >= 11 is 0.